The highest BCUT2D eigenvalue weighted by atomic mass is 16.5. The highest BCUT2D eigenvalue weighted by Gasteiger charge is 2.48. The largest absolute Gasteiger partial charge is 0.487 e. The Balaban J connectivity index is 1.96. The van der Waals surface area contributed by atoms with E-state index >= 15 is 0 Å². The monoisotopic (exact) mass is 244 g/mol. The maximum atomic E-state index is 11.2. The third-order valence-corrected chi connectivity index (χ3v) is 5.00. The summed E-state index contributed by atoms with van der Waals surface area (Å²) < 4.78 is 6.27. The zero-order valence-corrected chi connectivity index (χ0v) is 11.1. The van der Waals surface area contributed by atoms with Gasteiger partial charge in [-0.05, 0) is 43.7 Å². The van der Waals surface area contributed by atoms with Crippen LogP contribution in [0.5, 0.6) is 5.75 Å². The van der Waals surface area contributed by atoms with Gasteiger partial charge >= 0.3 is 0 Å². The van der Waals surface area contributed by atoms with Gasteiger partial charge in [0, 0.05) is 11.8 Å². The van der Waals surface area contributed by atoms with Crippen LogP contribution in [-0.4, -0.2) is 11.9 Å². The van der Waals surface area contributed by atoms with E-state index in [1.54, 1.807) is 0 Å². The average molecular weight is 244 g/mol. The third kappa shape index (κ3) is 1.66. The van der Waals surface area contributed by atoms with Crippen molar-refractivity contribution < 1.29 is 9.53 Å². The Hall–Kier alpha value is -1.31. The molecule has 3 rings (SSSR count). The van der Waals surface area contributed by atoms with Crippen LogP contribution in [0.15, 0.2) is 24.3 Å². The van der Waals surface area contributed by atoms with Crippen molar-refractivity contribution in [3.63, 3.8) is 0 Å². The van der Waals surface area contributed by atoms with Crippen LogP contribution in [0.2, 0.25) is 0 Å². The molecule has 2 aliphatic rings. The SMILES string of the molecule is C[C@@H]1[C@H]2Cc3ccccc3O[C@]2(C)CC[C@@H]1C=O. The van der Waals surface area contributed by atoms with Gasteiger partial charge in [-0.1, -0.05) is 25.1 Å². The number of benzene rings is 1. The van der Waals surface area contributed by atoms with Crippen LogP contribution >= 0.6 is 0 Å². The van der Waals surface area contributed by atoms with Gasteiger partial charge in [0.15, 0.2) is 0 Å². The fourth-order valence-corrected chi connectivity index (χ4v) is 3.74. The first-order valence-corrected chi connectivity index (χ1v) is 6.86. The summed E-state index contributed by atoms with van der Waals surface area (Å²) in [5.41, 5.74) is 1.20. The Bertz CT molecular complexity index is 468. The highest BCUT2D eigenvalue weighted by molar-refractivity contribution is 5.54. The number of hydrogen-bond acceptors (Lipinski definition) is 2. The quantitative estimate of drug-likeness (QED) is 0.709. The summed E-state index contributed by atoms with van der Waals surface area (Å²) in [6.07, 6.45) is 4.13. The lowest BCUT2D eigenvalue weighted by molar-refractivity contribution is -0.120. The van der Waals surface area contributed by atoms with E-state index in [0.29, 0.717) is 11.8 Å². The van der Waals surface area contributed by atoms with E-state index in [2.05, 4.69) is 32.0 Å². The molecule has 2 heteroatoms. The molecule has 0 aromatic heterocycles. The molecule has 0 N–H and O–H groups in total. The second-order valence-electron chi connectivity index (χ2n) is 6.03. The van der Waals surface area contributed by atoms with Gasteiger partial charge in [0.2, 0.25) is 0 Å². The van der Waals surface area contributed by atoms with E-state index in [9.17, 15) is 4.79 Å². The van der Waals surface area contributed by atoms with E-state index in [4.69, 9.17) is 4.74 Å². The average Bonchev–Trinajstić information content (AvgIpc) is 2.37. The number of ether oxygens (including phenoxy) is 1. The van der Waals surface area contributed by atoms with E-state index < -0.39 is 0 Å². The molecule has 0 amide bonds. The summed E-state index contributed by atoms with van der Waals surface area (Å²) >= 11 is 0. The number of fused-ring (bicyclic) bond motifs is 2. The molecule has 2 nitrogen and oxygen atoms in total. The molecule has 1 aromatic carbocycles. The molecule has 1 aromatic rings. The number of hydrogen-bond donors (Lipinski definition) is 0. The lowest BCUT2D eigenvalue weighted by Gasteiger charge is -2.50. The predicted octanol–water partition coefficient (Wildman–Crippen LogP) is 3.24. The van der Waals surface area contributed by atoms with Gasteiger partial charge in [0.05, 0.1) is 0 Å². The summed E-state index contributed by atoms with van der Waals surface area (Å²) in [7, 11) is 0. The van der Waals surface area contributed by atoms with Gasteiger partial charge in [-0.15, -0.1) is 0 Å². The Labute approximate surface area is 108 Å². The van der Waals surface area contributed by atoms with Crippen LogP contribution < -0.4 is 4.74 Å². The minimum Gasteiger partial charge on any atom is -0.487 e. The van der Waals surface area contributed by atoms with Crippen LogP contribution in [0.4, 0.5) is 0 Å². The summed E-state index contributed by atoms with van der Waals surface area (Å²) in [6, 6.07) is 8.30. The number of carbonyl (C=O) groups is 1. The number of carbonyl (C=O) groups excluding carboxylic acids is 1. The first kappa shape index (κ1) is 11.8. The molecule has 0 radical (unpaired) electrons. The fourth-order valence-electron chi connectivity index (χ4n) is 3.74. The Morgan fingerprint density at radius 2 is 2.17 bits per heavy atom. The zero-order chi connectivity index (χ0) is 12.8. The van der Waals surface area contributed by atoms with Crippen molar-refractivity contribution in [2.24, 2.45) is 17.8 Å². The second kappa shape index (κ2) is 4.11. The minimum absolute atomic E-state index is 0.0900. The van der Waals surface area contributed by atoms with E-state index in [1.165, 1.54) is 5.56 Å². The van der Waals surface area contributed by atoms with Crippen molar-refractivity contribution in [2.75, 3.05) is 0 Å². The lowest BCUT2D eigenvalue weighted by Crippen LogP contribution is -2.52. The van der Waals surface area contributed by atoms with Crippen molar-refractivity contribution in [1.29, 1.82) is 0 Å². The smallest absolute Gasteiger partial charge is 0.123 e. The molecule has 1 aliphatic heterocycles. The third-order valence-electron chi connectivity index (χ3n) is 5.00. The predicted molar refractivity (Wildman–Crippen MR) is 70.6 cm³/mol. The topological polar surface area (TPSA) is 26.3 Å². The van der Waals surface area contributed by atoms with Gasteiger partial charge in [0.1, 0.15) is 17.6 Å². The number of aldehydes is 1. The number of rotatable bonds is 1. The normalized spacial score (nSPS) is 38.2. The molecule has 1 aliphatic carbocycles. The van der Waals surface area contributed by atoms with Crippen molar-refractivity contribution in [1.82, 2.24) is 0 Å². The molecule has 0 saturated heterocycles. The van der Waals surface area contributed by atoms with Crippen molar-refractivity contribution in [2.45, 2.75) is 38.7 Å². The molecular formula is C16H20O2. The number of para-hydroxylation sites is 1. The fraction of sp³-hybridized carbons (Fsp3) is 0.562. The molecule has 0 bridgehead atoms. The van der Waals surface area contributed by atoms with Crippen molar-refractivity contribution in [3.05, 3.63) is 29.8 Å². The molecule has 1 heterocycles. The first-order valence-electron chi connectivity index (χ1n) is 6.86. The summed E-state index contributed by atoms with van der Waals surface area (Å²) in [5, 5.41) is 0. The minimum atomic E-state index is -0.0900. The molecule has 0 unspecified atom stereocenters. The van der Waals surface area contributed by atoms with E-state index in [0.717, 1.165) is 31.3 Å². The Morgan fingerprint density at radius 3 is 2.94 bits per heavy atom. The summed E-state index contributed by atoms with van der Waals surface area (Å²) in [4.78, 5) is 11.2. The van der Waals surface area contributed by atoms with E-state index in [-0.39, 0.29) is 11.5 Å². The van der Waals surface area contributed by atoms with Crippen molar-refractivity contribution in [3.8, 4) is 5.75 Å². The molecule has 1 fully saturated rings. The second-order valence-corrected chi connectivity index (χ2v) is 6.03. The molecule has 4 atom stereocenters. The molecular weight excluding hydrogens is 224 g/mol. The Kier molecular flexibility index (Phi) is 2.69. The summed E-state index contributed by atoms with van der Waals surface area (Å²) in [6.45, 7) is 4.42. The van der Waals surface area contributed by atoms with Gasteiger partial charge in [-0.3, -0.25) is 0 Å². The Morgan fingerprint density at radius 1 is 1.39 bits per heavy atom. The molecule has 1 saturated carbocycles. The standard InChI is InChI=1S/C16H20O2/c1-11-13(10-17)7-8-16(2)14(11)9-12-5-3-4-6-15(12)18-16/h3-6,10-11,13-14H,7-9H2,1-2H3/t11-,13+,14+,16+/m0/s1. The van der Waals surface area contributed by atoms with Crippen LogP contribution in [-0.2, 0) is 11.2 Å². The maximum Gasteiger partial charge on any atom is 0.123 e. The molecule has 0 spiro atoms. The van der Waals surface area contributed by atoms with Gasteiger partial charge in [-0.25, -0.2) is 0 Å². The van der Waals surface area contributed by atoms with Gasteiger partial charge in [-0.2, -0.15) is 0 Å². The van der Waals surface area contributed by atoms with Gasteiger partial charge < -0.3 is 9.53 Å². The van der Waals surface area contributed by atoms with Crippen LogP contribution in [0.1, 0.15) is 32.3 Å². The lowest BCUT2D eigenvalue weighted by atomic mass is 9.63. The van der Waals surface area contributed by atoms with Crippen molar-refractivity contribution >= 4 is 6.29 Å². The van der Waals surface area contributed by atoms with E-state index in [1.807, 2.05) is 6.07 Å². The maximum absolute atomic E-state index is 11.2. The van der Waals surface area contributed by atoms with Crippen LogP contribution in [0, 0.1) is 17.8 Å². The molecule has 96 valence electrons. The zero-order valence-electron chi connectivity index (χ0n) is 11.1. The van der Waals surface area contributed by atoms with Crippen LogP contribution in [0.3, 0.4) is 0 Å². The van der Waals surface area contributed by atoms with Crippen LogP contribution in [0.25, 0.3) is 0 Å². The van der Waals surface area contributed by atoms with Gasteiger partial charge in [0.25, 0.3) is 0 Å². The highest BCUT2D eigenvalue weighted by Crippen LogP contribution is 2.48. The molecule has 18 heavy (non-hydrogen) atoms. The first-order chi connectivity index (χ1) is 8.64. The summed E-state index contributed by atoms with van der Waals surface area (Å²) in [5.74, 6) is 2.11.